The van der Waals surface area contributed by atoms with Crippen LogP contribution in [0.2, 0.25) is 5.02 Å². The molecule has 196 valence electrons. The molecule has 0 aliphatic carbocycles. The van der Waals surface area contributed by atoms with E-state index in [1.54, 1.807) is 0 Å². The molecular formula is C33H25ClN4O2. The van der Waals surface area contributed by atoms with Gasteiger partial charge < -0.3 is 4.74 Å². The van der Waals surface area contributed by atoms with Crippen molar-refractivity contribution < 1.29 is 9.53 Å². The maximum absolute atomic E-state index is 12.7. The Kier molecular flexibility index (Phi) is 7.00. The van der Waals surface area contributed by atoms with Gasteiger partial charge in [0.15, 0.2) is 0 Å². The number of halogens is 1. The second-order valence-corrected chi connectivity index (χ2v) is 9.76. The largest absolute Gasteiger partial charge is 0.489 e. The van der Waals surface area contributed by atoms with Crippen LogP contribution in [-0.4, -0.2) is 25.5 Å². The predicted octanol–water partition coefficient (Wildman–Crippen LogP) is 7.96. The number of ether oxygens (including phenoxy) is 1. The van der Waals surface area contributed by atoms with Crippen molar-refractivity contribution in [3.8, 4) is 45.2 Å². The summed E-state index contributed by atoms with van der Waals surface area (Å²) in [6.07, 6.45) is 1.94. The molecule has 7 heteroatoms. The molecule has 0 N–H and O–H groups in total. The van der Waals surface area contributed by atoms with Gasteiger partial charge in [0.1, 0.15) is 18.1 Å². The molecule has 0 bridgehead atoms. The fourth-order valence-electron chi connectivity index (χ4n) is 4.51. The highest BCUT2D eigenvalue weighted by atomic mass is 35.5. The van der Waals surface area contributed by atoms with E-state index in [1.807, 2.05) is 126 Å². The molecule has 6 rings (SSSR count). The molecule has 2 aromatic heterocycles. The van der Waals surface area contributed by atoms with Crippen LogP contribution in [-0.2, 0) is 6.61 Å². The summed E-state index contributed by atoms with van der Waals surface area (Å²) in [5, 5.41) is 10.2. The van der Waals surface area contributed by atoms with E-state index in [9.17, 15) is 4.79 Å². The van der Waals surface area contributed by atoms with E-state index in [4.69, 9.17) is 21.4 Å². The third-order valence-electron chi connectivity index (χ3n) is 6.53. The van der Waals surface area contributed by atoms with Crippen molar-refractivity contribution >= 4 is 17.5 Å². The maximum atomic E-state index is 12.7. The Morgan fingerprint density at radius 3 is 2.12 bits per heavy atom. The molecule has 0 spiro atoms. The molecular weight excluding hydrogens is 520 g/mol. The van der Waals surface area contributed by atoms with Crippen molar-refractivity contribution in [3.63, 3.8) is 0 Å². The Hall–Kier alpha value is -4.94. The molecule has 0 saturated carbocycles. The summed E-state index contributed by atoms with van der Waals surface area (Å²) in [4.78, 5) is 12.7. The van der Waals surface area contributed by atoms with Crippen LogP contribution in [0.3, 0.4) is 0 Å². The minimum Gasteiger partial charge on any atom is -0.489 e. The molecule has 0 amide bonds. The average Bonchev–Trinajstić information content (AvgIpc) is 3.63. The highest BCUT2D eigenvalue weighted by Gasteiger charge is 2.21. The van der Waals surface area contributed by atoms with Gasteiger partial charge in [0.2, 0.25) is 5.91 Å². The summed E-state index contributed by atoms with van der Waals surface area (Å²) in [6.45, 7) is 1.99. The number of hydrogen-bond donors (Lipinski definition) is 0. The fourth-order valence-corrected chi connectivity index (χ4v) is 4.64. The lowest BCUT2D eigenvalue weighted by Gasteiger charge is -2.08. The first-order valence-electron chi connectivity index (χ1n) is 12.8. The number of benzene rings is 4. The van der Waals surface area contributed by atoms with Crippen LogP contribution in [0, 0.1) is 0 Å². The molecule has 0 aliphatic rings. The average molecular weight is 545 g/mol. The van der Waals surface area contributed by atoms with E-state index in [-0.39, 0.29) is 5.91 Å². The van der Waals surface area contributed by atoms with Gasteiger partial charge in [-0.1, -0.05) is 72.3 Å². The van der Waals surface area contributed by atoms with Crippen molar-refractivity contribution in [1.82, 2.24) is 19.6 Å². The van der Waals surface area contributed by atoms with E-state index in [1.165, 1.54) is 11.6 Å². The quantitative estimate of drug-likeness (QED) is 0.204. The summed E-state index contributed by atoms with van der Waals surface area (Å²) in [6, 6.07) is 37.1. The fraction of sp³-hybridized carbons (Fsp3) is 0.0606. The Morgan fingerprint density at radius 2 is 1.45 bits per heavy atom. The van der Waals surface area contributed by atoms with Gasteiger partial charge in [0.25, 0.3) is 0 Å². The van der Waals surface area contributed by atoms with Crippen molar-refractivity contribution in [1.29, 1.82) is 0 Å². The second kappa shape index (κ2) is 11.0. The monoisotopic (exact) mass is 544 g/mol. The Balaban J connectivity index is 1.41. The third kappa shape index (κ3) is 5.30. The summed E-state index contributed by atoms with van der Waals surface area (Å²) in [5.41, 5.74) is 6.59. The van der Waals surface area contributed by atoms with Crippen LogP contribution in [0.15, 0.2) is 121 Å². The highest BCUT2D eigenvalue weighted by Crippen LogP contribution is 2.35. The van der Waals surface area contributed by atoms with Gasteiger partial charge in [0.05, 0.1) is 17.1 Å². The van der Waals surface area contributed by atoms with Crippen molar-refractivity contribution in [2.24, 2.45) is 0 Å². The van der Waals surface area contributed by atoms with Crippen LogP contribution in [0.25, 0.3) is 39.5 Å². The molecule has 6 aromatic rings. The molecule has 2 heterocycles. The Bertz CT molecular complexity index is 1760. The maximum Gasteiger partial charge on any atom is 0.244 e. The topological polar surface area (TPSA) is 61.9 Å². The second-order valence-electron chi connectivity index (χ2n) is 9.32. The lowest BCUT2D eigenvalue weighted by atomic mass is 10.0. The van der Waals surface area contributed by atoms with E-state index in [0.717, 1.165) is 39.4 Å². The lowest BCUT2D eigenvalue weighted by Crippen LogP contribution is -2.09. The third-order valence-corrected chi connectivity index (χ3v) is 6.79. The predicted molar refractivity (Wildman–Crippen MR) is 158 cm³/mol. The van der Waals surface area contributed by atoms with Crippen LogP contribution in [0.5, 0.6) is 5.75 Å². The number of rotatable bonds is 7. The first-order chi connectivity index (χ1) is 19.5. The van der Waals surface area contributed by atoms with E-state index < -0.39 is 0 Å². The van der Waals surface area contributed by atoms with Crippen LogP contribution in [0.4, 0.5) is 0 Å². The normalized spacial score (nSPS) is 10.9. The molecule has 6 nitrogen and oxygen atoms in total. The first kappa shape index (κ1) is 25.3. The molecule has 0 atom stereocenters. The number of nitrogens with zero attached hydrogens (tertiary/aromatic N) is 4. The smallest absolute Gasteiger partial charge is 0.244 e. The van der Waals surface area contributed by atoms with E-state index in [0.29, 0.717) is 23.0 Å². The summed E-state index contributed by atoms with van der Waals surface area (Å²) < 4.78 is 9.24. The van der Waals surface area contributed by atoms with E-state index in [2.05, 4.69) is 5.10 Å². The van der Waals surface area contributed by atoms with Gasteiger partial charge >= 0.3 is 0 Å². The zero-order valence-corrected chi connectivity index (χ0v) is 22.5. The van der Waals surface area contributed by atoms with Crippen molar-refractivity contribution in [3.05, 3.63) is 132 Å². The minimum absolute atomic E-state index is 0.196. The van der Waals surface area contributed by atoms with Crippen LogP contribution in [0.1, 0.15) is 17.3 Å². The van der Waals surface area contributed by atoms with Gasteiger partial charge in [-0.25, -0.2) is 4.68 Å². The number of aromatic nitrogens is 4. The summed E-state index contributed by atoms with van der Waals surface area (Å²) >= 11 is 6.09. The molecule has 0 fully saturated rings. The minimum atomic E-state index is -0.196. The van der Waals surface area contributed by atoms with Gasteiger partial charge in [-0.3, -0.25) is 4.79 Å². The molecule has 0 unspecified atom stereocenters. The van der Waals surface area contributed by atoms with Gasteiger partial charge in [0, 0.05) is 34.8 Å². The molecule has 4 aromatic carbocycles. The number of carbonyl (C=O) groups excluding carboxylic acids is 1. The molecule has 0 saturated heterocycles. The Labute approximate surface area is 237 Å². The molecule has 40 heavy (non-hydrogen) atoms. The highest BCUT2D eigenvalue weighted by molar-refractivity contribution is 6.30. The van der Waals surface area contributed by atoms with Gasteiger partial charge in [-0.15, -0.1) is 0 Å². The van der Waals surface area contributed by atoms with E-state index >= 15 is 0 Å². The lowest BCUT2D eigenvalue weighted by molar-refractivity contribution is 0.0923. The number of carbonyl (C=O) groups is 1. The van der Waals surface area contributed by atoms with Crippen molar-refractivity contribution in [2.75, 3.05) is 0 Å². The zero-order chi connectivity index (χ0) is 27.5. The number of para-hydroxylation sites is 1. The van der Waals surface area contributed by atoms with Gasteiger partial charge in [-0.05, 0) is 60.2 Å². The Morgan fingerprint density at radius 1 is 0.800 bits per heavy atom. The van der Waals surface area contributed by atoms with Crippen LogP contribution >= 0.6 is 11.6 Å². The first-order valence-corrected chi connectivity index (χ1v) is 13.2. The summed E-state index contributed by atoms with van der Waals surface area (Å²) in [7, 11) is 0. The standard InChI is InChI=1S/C33H25ClN4O2/c1-23(39)38-32(20-31(35-38)25-12-16-27(34)17-13-25)30-21-37(28-10-6-3-7-11-28)36-33(30)26-14-18-29(19-15-26)40-22-24-8-4-2-5-9-24/h2-21H,22H2,1H3. The van der Waals surface area contributed by atoms with Crippen LogP contribution < -0.4 is 4.74 Å². The van der Waals surface area contributed by atoms with Crippen molar-refractivity contribution in [2.45, 2.75) is 13.5 Å². The summed E-state index contributed by atoms with van der Waals surface area (Å²) in [5.74, 6) is 0.564. The number of hydrogen-bond acceptors (Lipinski definition) is 4. The molecule has 0 aliphatic heterocycles. The molecule has 0 radical (unpaired) electrons. The zero-order valence-electron chi connectivity index (χ0n) is 21.7. The SMILES string of the molecule is CC(=O)n1nc(-c2ccc(Cl)cc2)cc1-c1cn(-c2ccccc2)nc1-c1ccc(OCc2ccccc2)cc1. The van der Waals surface area contributed by atoms with Gasteiger partial charge in [-0.2, -0.15) is 14.9 Å².